The number of carbonyl (C=O) groups is 3. The van der Waals surface area contributed by atoms with Gasteiger partial charge in [-0.15, -0.1) is 0 Å². The molecule has 0 aliphatic carbocycles. The van der Waals surface area contributed by atoms with Crippen molar-refractivity contribution in [1.82, 2.24) is 9.80 Å². The number of amides is 3. The Balaban J connectivity index is 2.09. The lowest BCUT2D eigenvalue weighted by atomic mass is 9.97. The van der Waals surface area contributed by atoms with Gasteiger partial charge in [-0.25, -0.2) is 4.79 Å². The fourth-order valence-corrected chi connectivity index (χ4v) is 3.41. The van der Waals surface area contributed by atoms with Crippen molar-refractivity contribution in [1.29, 1.82) is 0 Å². The summed E-state index contributed by atoms with van der Waals surface area (Å²) in [5, 5.41) is 0.163. The van der Waals surface area contributed by atoms with Crippen LogP contribution in [0.1, 0.15) is 37.0 Å². The van der Waals surface area contributed by atoms with Crippen LogP contribution in [-0.2, 0) is 9.53 Å². The molecule has 1 fully saturated rings. The molecule has 0 bridgehead atoms. The quantitative estimate of drug-likeness (QED) is 0.649. The summed E-state index contributed by atoms with van der Waals surface area (Å²) in [6.45, 7) is 5.04. The maximum Gasteiger partial charge on any atom is 0.326 e. The highest BCUT2D eigenvalue weighted by molar-refractivity contribution is 6.34. The first-order chi connectivity index (χ1) is 13.8. The molecular weight excluding hydrogens is 400 g/mol. The number of hydrogen-bond donors (Lipinski definition) is 0. The van der Waals surface area contributed by atoms with E-state index in [4.69, 9.17) is 25.8 Å². The number of methoxy groups -OCH3 is 1. The van der Waals surface area contributed by atoms with Crippen molar-refractivity contribution < 1.29 is 28.6 Å². The van der Waals surface area contributed by atoms with Gasteiger partial charge in [-0.2, -0.15) is 0 Å². The summed E-state index contributed by atoms with van der Waals surface area (Å²) >= 11 is 6.23. The number of nitrogens with zero attached hydrogens (tertiary/aromatic N) is 2. The Bertz CT molecular complexity index is 762. The monoisotopic (exact) mass is 426 g/mol. The average Bonchev–Trinajstić information content (AvgIpc) is 2.73. The largest absolute Gasteiger partial charge is 0.493 e. The fourth-order valence-electron chi connectivity index (χ4n) is 3.17. The van der Waals surface area contributed by atoms with Gasteiger partial charge in [0.1, 0.15) is 0 Å². The van der Waals surface area contributed by atoms with E-state index in [9.17, 15) is 14.4 Å². The van der Waals surface area contributed by atoms with Gasteiger partial charge in [-0.05, 0) is 32.8 Å². The molecule has 0 aromatic heterocycles. The second-order valence-corrected chi connectivity index (χ2v) is 6.98. The summed E-state index contributed by atoms with van der Waals surface area (Å²) in [5.74, 6) is -0.222. The zero-order valence-corrected chi connectivity index (χ0v) is 18.0. The molecule has 0 spiro atoms. The highest BCUT2D eigenvalue weighted by Crippen LogP contribution is 2.34. The molecular formula is C20H27ClN2O6. The summed E-state index contributed by atoms with van der Waals surface area (Å²) < 4.78 is 15.7. The molecule has 160 valence electrons. The molecule has 1 aromatic carbocycles. The molecule has 2 rings (SSSR count). The minimum Gasteiger partial charge on any atom is -0.493 e. The molecule has 1 heterocycles. The van der Waals surface area contributed by atoms with Gasteiger partial charge in [0.05, 0.1) is 36.8 Å². The summed E-state index contributed by atoms with van der Waals surface area (Å²) in [7, 11) is 2.88. The first-order valence-electron chi connectivity index (χ1n) is 9.57. The van der Waals surface area contributed by atoms with Crippen LogP contribution >= 0.6 is 11.6 Å². The van der Waals surface area contributed by atoms with Crippen molar-refractivity contribution in [2.75, 3.05) is 40.5 Å². The molecule has 1 saturated heterocycles. The number of halogens is 1. The first-order valence-corrected chi connectivity index (χ1v) is 9.95. The highest BCUT2D eigenvalue weighted by atomic mass is 35.5. The highest BCUT2D eigenvalue weighted by Gasteiger charge is 2.32. The number of likely N-dealkylation sites (tertiary alicyclic amines) is 1. The van der Waals surface area contributed by atoms with Gasteiger partial charge >= 0.3 is 12.0 Å². The molecule has 0 unspecified atom stereocenters. The molecule has 1 aromatic rings. The smallest absolute Gasteiger partial charge is 0.326 e. The third-order valence-corrected chi connectivity index (χ3v) is 5.07. The van der Waals surface area contributed by atoms with Crippen LogP contribution in [0.3, 0.4) is 0 Å². The zero-order chi connectivity index (χ0) is 21.6. The molecule has 0 radical (unpaired) electrons. The molecule has 29 heavy (non-hydrogen) atoms. The van der Waals surface area contributed by atoms with E-state index in [0.717, 1.165) is 4.90 Å². The second kappa shape index (κ2) is 10.3. The zero-order valence-electron chi connectivity index (χ0n) is 17.2. The standard InChI is InChI=1S/C20H27ClN2O6/c1-5-28-17-11-14(15(21)12-16(17)27-4)18(24)22(3)20(26)23-9-7-13(8-10-23)19(25)29-6-2/h11-13H,5-10H2,1-4H3. The number of piperidine rings is 1. The summed E-state index contributed by atoms with van der Waals surface area (Å²) in [6, 6.07) is 2.52. The Morgan fingerprint density at radius 1 is 1.14 bits per heavy atom. The van der Waals surface area contributed by atoms with Gasteiger partial charge in [0.2, 0.25) is 0 Å². The van der Waals surface area contributed by atoms with Crippen molar-refractivity contribution in [3.8, 4) is 11.5 Å². The lowest BCUT2D eigenvalue weighted by Gasteiger charge is -2.33. The Hall–Kier alpha value is -2.48. The van der Waals surface area contributed by atoms with Crippen molar-refractivity contribution >= 4 is 29.5 Å². The maximum atomic E-state index is 12.9. The Morgan fingerprint density at radius 2 is 1.79 bits per heavy atom. The number of hydrogen-bond acceptors (Lipinski definition) is 6. The van der Waals surface area contributed by atoms with E-state index in [1.807, 2.05) is 6.92 Å². The predicted molar refractivity (Wildman–Crippen MR) is 108 cm³/mol. The number of carbonyl (C=O) groups excluding carboxylic acids is 3. The number of rotatable bonds is 6. The van der Waals surface area contributed by atoms with Crippen LogP contribution in [0.5, 0.6) is 11.5 Å². The predicted octanol–water partition coefficient (Wildman–Crippen LogP) is 3.21. The van der Waals surface area contributed by atoms with Gasteiger partial charge in [0.25, 0.3) is 5.91 Å². The van der Waals surface area contributed by atoms with Crippen LogP contribution in [-0.4, -0.2) is 68.2 Å². The molecule has 1 aliphatic rings. The number of imide groups is 1. The average molecular weight is 427 g/mol. The summed E-state index contributed by atoms with van der Waals surface area (Å²) in [4.78, 5) is 40.1. The lowest BCUT2D eigenvalue weighted by molar-refractivity contribution is -0.149. The van der Waals surface area contributed by atoms with Crippen LogP contribution < -0.4 is 9.47 Å². The van der Waals surface area contributed by atoms with Crippen LogP contribution in [0.15, 0.2) is 12.1 Å². The van der Waals surface area contributed by atoms with Crippen LogP contribution in [0.25, 0.3) is 0 Å². The van der Waals surface area contributed by atoms with Crippen molar-refractivity contribution in [3.05, 3.63) is 22.7 Å². The van der Waals surface area contributed by atoms with E-state index in [1.165, 1.54) is 26.3 Å². The molecule has 1 aliphatic heterocycles. The molecule has 3 amide bonds. The number of benzene rings is 1. The first kappa shape index (κ1) is 22.8. The van der Waals surface area contributed by atoms with E-state index in [0.29, 0.717) is 50.6 Å². The molecule has 0 N–H and O–H groups in total. The summed E-state index contributed by atoms with van der Waals surface area (Å²) in [5.41, 5.74) is 0.146. The SMILES string of the molecule is CCOC(=O)C1CCN(C(=O)N(C)C(=O)c2cc(OCC)c(OC)cc2Cl)CC1. The maximum absolute atomic E-state index is 12.9. The molecule has 0 atom stereocenters. The topological polar surface area (TPSA) is 85.4 Å². The fraction of sp³-hybridized carbons (Fsp3) is 0.550. The minimum atomic E-state index is -0.545. The van der Waals surface area contributed by atoms with E-state index in [2.05, 4.69) is 0 Å². The number of esters is 1. The van der Waals surface area contributed by atoms with Crippen LogP contribution in [0.2, 0.25) is 5.02 Å². The van der Waals surface area contributed by atoms with Gasteiger partial charge in [0.15, 0.2) is 11.5 Å². The minimum absolute atomic E-state index is 0.146. The van der Waals surface area contributed by atoms with Crippen LogP contribution in [0, 0.1) is 5.92 Å². The number of urea groups is 1. The molecule has 8 nitrogen and oxygen atoms in total. The molecule has 9 heteroatoms. The van der Waals surface area contributed by atoms with E-state index < -0.39 is 11.9 Å². The van der Waals surface area contributed by atoms with Gasteiger partial charge in [-0.1, -0.05) is 11.6 Å². The van der Waals surface area contributed by atoms with Gasteiger partial charge in [0, 0.05) is 26.2 Å². The lowest BCUT2D eigenvalue weighted by Crippen LogP contribution is -2.48. The van der Waals surface area contributed by atoms with Gasteiger partial charge in [-0.3, -0.25) is 14.5 Å². The van der Waals surface area contributed by atoms with E-state index >= 15 is 0 Å². The van der Waals surface area contributed by atoms with E-state index in [-0.39, 0.29) is 22.5 Å². The van der Waals surface area contributed by atoms with E-state index in [1.54, 1.807) is 11.8 Å². The van der Waals surface area contributed by atoms with Crippen LogP contribution in [0.4, 0.5) is 4.79 Å². The number of ether oxygens (including phenoxy) is 3. The summed E-state index contributed by atoms with van der Waals surface area (Å²) in [6.07, 6.45) is 1.01. The Morgan fingerprint density at radius 3 is 2.34 bits per heavy atom. The van der Waals surface area contributed by atoms with Crippen molar-refractivity contribution in [2.24, 2.45) is 5.92 Å². The third kappa shape index (κ3) is 5.32. The Kier molecular flexibility index (Phi) is 8.13. The second-order valence-electron chi connectivity index (χ2n) is 6.58. The normalized spacial score (nSPS) is 14.3. The molecule has 0 saturated carbocycles. The van der Waals surface area contributed by atoms with Crippen molar-refractivity contribution in [3.63, 3.8) is 0 Å². The third-order valence-electron chi connectivity index (χ3n) is 4.76. The van der Waals surface area contributed by atoms with Gasteiger partial charge < -0.3 is 19.1 Å². The Labute approximate surface area is 175 Å². The van der Waals surface area contributed by atoms with Crippen molar-refractivity contribution in [2.45, 2.75) is 26.7 Å².